The molecule has 0 fully saturated rings. The Kier molecular flexibility index (Phi) is 5.57. The van der Waals surface area contributed by atoms with Crippen LogP contribution < -0.4 is 10.1 Å². The number of carbonyl (C=O) groups excluding carboxylic acids is 2. The van der Waals surface area contributed by atoms with Crippen LogP contribution >= 0.6 is 0 Å². The monoisotopic (exact) mass is 424 g/mol. The summed E-state index contributed by atoms with van der Waals surface area (Å²) in [7, 11) is 2.77. The number of methoxy groups -OCH3 is 2. The number of urea groups is 1. The summed E-state index contributed by atoms with van der Waals surface area (Å²) >= 11 is 0. The average Bonchev–Trinajstić information content (AvgIpc) is 3.27. The molecule has 0 saturated heterocycles. The van der Waals surface area contributed by atoms with E-state index in [9.17, 15) is 14.0 Å². The van der Waals surface area contributed by atoms with Crippen molar-refractivity contribution in [2.45, 2.75) is 12.5 Å². The van der Waals surface area contributed by atoms with E-state index in [4.69, 9.17) is 4.74 Å². The van der Waals surface area contributed by atoms with E-state index in [1.807, 2.05) is 0 Å². The molecule has 1 unspecified atom stereocenters. The highest BCUT2D eigenvalue weighted by Gasteiger charge is 2.35. The topological polar surface area (TPSA) is 96.6 Å². The van der Waals surface area contributed by atoms with Crippen molar-refractivity contribution in [2.75, 3.05) is 26.1 Å². The number of esters is 1. The van der Waals surface area contributed by atoms with Crippen molar-refractivity contribution in [1.82, 2.24) is 14.9 Å². The van der Waals surface area contributed by atoms with Crippen LogP contribution in [0.15, 0.2) is 48.8 Å². The minimum Gasteiger partial charge on any atom is -0.497 e. The summed E-state index contributed by atoms with van der Waals surface area (Å²) in [4.78, 5) is 33.7. The number of ether oxygens (including phenoxy) is 2. The van der Waals surface area contributed by atoms with E-state index in [2.05, 4.69) is 20.0 Å². The number of hydrogen-bond donors (Lipinski definition) is 2. The van der Waals surface area contributed by atoms with Gasteiger partial charge in [0.1, 0.15) is 17.6 Å². The third kappa shape index (κ3) is 3.94. The number of amides is 2. The Morgan fingerprint density at radius 3 is 2.65 bits per heavy atom. The van der Waals surface area contributed by atoms with Crippen LogP contribution in [0.25, 0.3) is 0 Å². The van der Waals surface area contributed by atoms with Crippen molar-refractivity contribution in [2.24, 2.45) is 0 Å². The molecule has 1 aromatic heterocycles. The van der Waals surface area contributed by atoms with Gasteiger partial charge in [0.25, 0.3) is 0 Å². The van der Waals surface area contributed by atoms with Crippen molar-refractivity contribution < 1.29 is 23.5 Å². The second-order valence-corrected chi connectivity index (χ2v) is 7.00. The first-order valence-electron chi connectivity index (χ1n) is 9.63. The van der Waals surface area contributed by atoms with Gasteiger partial charge in [0, 0.05) is 36.0 Å². The maximum Gasteiger partial charge on any atom is 0.337 e. The fourth-order valence-corrected chi connectivity index (χ4v) is 3.67. The van der Waals surface area contributed by atoms with E-state index in [1.54, 1.807) is 47.6 Å². The largest absolute Gasteiger partial charge is 0.497 e. The van der Waals surface area contributed by atoms with Gasteiger partial charge in [-0.25, -0.2) is 19.0 Å². The summed E-state index contributed by atoms with van der Waals surface area (Å²) in [6.07, 6.45) is 2.12. The first-order chi connectivity index (χ1) is 15.0. The number of fused-ring (bicyclic) bond motifs is 1. The quantitative estimate of drug-likeness (QED) is 0.625. The van der Waals surface area contributed by atoms with Gasteiger partial charge in [-0.1, -0.05) is 0 Å². The minimum atomic E-state index is -0.699. The average molecular weight is 424 g/mol. The summed E-state index contributed by atoms with van der Waals surface area (Å²) in [5.41, 5.74) is 2.67. The van der Waals surface area contributed by atoms with Crippen LogP contribution in [0.3, 0.4) is 0 Å². The molecule has 3 aromatic rings. The standard InChI is InChI=1S/C22H21FN4O4/c1-30-15-7-8-16(17(23)11-15)20-19-18(24-12-25-19)9-10-27(20)22(29)26-14-5-3-13(4-6-14)21(28)31-2/h3-8,11-12,20H,9-10H2,1-2H3,(H,24,25)(H,26,29). The maximum absolute atomic E-state index is 14.9. The Bertz CT molecular complexity index is 1110. The van der Waals surface area contributed by atoms with E-state index < -0.39 is 23.9 Å². The molecule has 0 bridgehead atoms. The summed E-state index contributed by atoms with van der Waals surface area (Å²) in [5.74, 6) is -0.559. The zero-order valence-corrected chi connectivity index (χ0v) is 17.0. The smallest absolute Gasteiger partial charge is 0.337 e. The fraction of sp³-hybridized carbons (Fsp3) is 0.227. The zero-order valence-electron chi connectivity index (χ0n) is 17.0. The van der Waals surface area contributed by atoms with Crippen LogP contribution in [0, 0.1) is 5.82 Å². The van der Waals surface area contributed by atoms with E-state index in [0.29, 0.717) is 41.2 Å². The van der Waals surface area contributed by atoms with Crippen LogP contribution in [0.1, 0.15) is 33.4 Å². The summed E-state index contributed by atoms with van der Waals surface area (Å²) in [5, 5.41) is 2.81. The van der Waals surface area contributed by atoms with Crippen molar-refractivity contribution >= 4 is 17.7 Å². The number of benzene rings is 2. The van der Waals surface area contributed by atoms with E-state index in [0.717, 1.165) is 5.69 Å². The van der Waals surface area contributed by atoms with Crippen molar-refractivity contribution in [3.8, 4) is 5.75 Å². The third-order valence-corrected chi connectivity index (χ3v) is 5.25. The molecule has 160 valence electrons. The molecule has 1 aliphatic rings. The zero-order chi connectivity index (χ0) is 22.0. The first-order valence-corrected chi connectivity index (χ1v) is 9.63. The van der Waals surface area contributed by atoms with Crippen LogP contribution in [0.2, 0.25) is 0 Å². The SMILES string of the molecule is COC(=O)c1ccc(NC(=O)N2CCc3[nH]cnc3C2c2ccc(OC)cc2F)cc1. The van der Waals surface area contributed by atoms with Gasteiger partial charge in [0.15, 0.2) is 0 Å². The first kappa shape index (κ1) is 20.4. The summed E-state index contributed by atoms with van der Waals surface area (Å²) in [6, 6.07) is 9.78. The second kappa shape index (κ2) is 8.47. The maximum atomic E-state index is 14.9. The number of H-pyrrole nitrogens is 1. The molecule has 8 nitrogen and oxygen atoms in total. The van der Waals surface area contributed by atoms with Crippen LogP contribution in [0.5, 0.6) is 5.75 Å². The van der Waals surface area contributed by atoms with E-state index in [1.165, 1.54) is 20.3 Å². The third-order valence-electron chi connectivity index (χ3n) is 5.25. The number of rotatable bonds is 4. The minimum absolute atomic E-state index is 0.324. The molecular weight excluding hydrogens is 403 g/mol. The molecule has 2 N–H and O–H groups in total. The molecule has 0 saturated carbocycles. The Labute approximate surface area is 178 Å². The molecule has 0 radical (unpaired) electrons. The van der Waals surface area contributed by atoms with Gasteiger partial charge in [-0.15, -0.1) is 0 Å². The summed E-state index contributed by atoms with van der Waals surface area (Å²) in [6.45, 7) is 0.372. The molecule has 0 aliphatic carbocycles. The molecule has 2 aromatic carbocycles. The van der Waals surface area contributed by atoms with Gasteiger partial charge in [-0.2, -0.15) is 0 Å². The lowest BCUT2D eigenvalue weighted by molar-refractivity contribution is 0.0600. The number of aromatic amines is 1. The summed E-state index contributed by atoms with van der Waals surface area (Å²) < 4.78 is 24.7. The molecule has 2 amide bonds. The molecule has 31 heavy (non-hydrogen) atoms. The lowest BCUT2D eigenvalue weighted by Gasteiger charge is -2.35. The highest BCUT2D eigenvalue weighted by atomic mass is 19.1. The number of halogens is 1. The van der Waals surface area contributed by atoms with E-state index in [-0.39, 0.29) is 0 Å². The van der Waals surface area contributed by atoms with Crippen LogP contribution in [-0.4, -0.2) is 47.6 Å². The molecule has 0 spiro atoms. The van der Waals surface area contributed by atoms with Crippen LogP contribution in [-0.2, 0) is 11.2 Å². The van der Waals surface area contributed by atoms with Gasteiger partial charge in [-0.05, 0) is 36.4 Å². The Hall–Kier alpha value is -3.88. The van der Waals surface area contributed by atoms with Gasteiger partial charge < -0.3 is 24.7 Å². The predicted octanol–water partition coefficient (Wildman–Crippen LogP) is 3.52. The fourth-order valence-electron chi connectivity index (χ4n) is 3.67. The highest BCUT2D eigenvalue weighted by Crippen LogP contribution is 2.36. The molecule has 4 rings (SSSR count). The second-order valence-electron chi connectivity index (χ2n) is 7.00. The highest BCUT2D eigenvalue weighted by molar-refractivity contribution is 5.92. The van der Waals surface area contributed by atoms with Gasteiger partial charge in [0.05, 0.1) is 31.8 Å². The number of aromatic nitrogens is 2. The van der Waals surface area contributed by atoms with Crippen molar-refractivity contribution in [3.05, 3.63) is 77.1 Å². The normalized spacial score (nSPS) is 15.2. The number of imidazole rings is 1. The van der Waals surface area contributed by atoms with Crippen molar-refractivity contribution in [1.29, 1.82) is 0 Å². The predicted molar refractivity (Wildman–Crippen MR) is 111 cm³/mol. The molecular formula is C22H21FN4O4. The Morgan fingerprint density at radius 1 is 1.19 bits per heavy atom. The number of carbonyl (C=O) groups is 2. The number of nitrogens with one attached hydrogen (secondary N) is 2. The molecule has 9 heteroatoms. The molecule has 1 aliphatic heterocycles. The van der Waals surface area contributed by atoms with Crippen molar-refractivity contribution in [3.63, 3.8) is 0 Å². The Morgan fingerprint density at radius 2 is 1.97 bits per heavy atom. The molecule has 2 heterocycles. The lowest BCUT2D eigenvalue weighted by atomic mass is 9.95. The van der Waals surface area contributed by atoms with Crippen LogP contribution in [0.4, 0.5) is 14.9 Å². The van der Waals surface area contributed by atoms with Gasteiger partial charge in [0.2, 0.25) is 0 Å². The van der Waals surface area contributed by atoms with Gasteiger partial charge in [-0.3, -0.25) is 0 Å². The van der Waals surface area contributed by atoms with Gasteiger partial charge >= 0.3 is 12.0 Å². The number of hydrogen-bond acceptors (Lipinski definition) is 5. The Balaban J connectivity index is 1.63. The van der Waals surface area contributed by atoms with E-state index >= 15 is 0 Å². The lowest BCUT2D eigenvalue weighted by Crippen LogP contribution is -2.43. The molecule has 1 atom stereocenters. The number of anilines is 1. The number of nitrogens with zero attached hydrogens (tertiary/aromatic N) is 2.